The van der Waals surface area contributed by atoms with Crippen LogP contribution in [0.5, 0.6) is 5.75 Å². The molecule has 0 spiro atoms. The molecule has 2 heterocycles. The number of fused-ring (bicyclic) bond motifs is 1. The highest BCUT2D eigenvalue weighted by Crippen LogP contribution is 2.23. The Hall–Kier alpha value is -3.49. The van der Waals surface area contributed by atoms with Crippen molar-refractivity contribution >= 4 is 22.7 Å². The van der Waals surface area contributed by atoms with Gasteiger partial charge in [0.25, 0.3) is 5.91 Å². The molecule has 0 saturated carbocycles. The summed E-state index contributed by atoms with van der Waals surface area (Å²) in [5, 5.41) is 13.0. The van der Waals surface area contributed by atoms with Crippen LogP contribution in [0.4, 0.5) is 0 Å². The fourth-order valence-corrected chi connectivity index (χ4v) is 4.74. The maximum Gasteiger partial charge on any atom is 0.251 e. The Balaban J connectivity index is 1.38. The van der Waals surface area contributed by atoms with Gasteiger partial charge in [-0.05, 0) is 56.3 Å². The predicted molar refractivity (Wildman–Crippen MR) is 133 cm³/mol. The first kappa shape index (κ1) is 24.6. The Kier molecular flexibility index (Phi) is 7.94. The third-order valence-electron chi connectivity index (χ3n) is 6.39. The van der Waals surface area contributed by atoms with Crippen LogP contribution < -0.4 is 15.5 Å². The first-order valence-electron chi connectivity index (χ1n) is 12.0. The summed E-state index contributed by atoms with van der Waals surface area (Å²) in [6.07, 6.45) is 1.16. The van der Waals surface area contributed by atoms with Gasteiger partial charge in [0.1, 0.15) is 12.4 Å². The first-order chi connectivity index (χ1) is 17.0. The van der Waals surface area contributed by atoms with Crippen molar-refractivity contribution in [1.29, 1.82) is 0 Å². The van der Waals surface area contributed by atoms with E-state index in [1.807, 2.05) is 37.3 Å². The zero-order valence-electron chi connectivity index (χ0n) is 20.2. The van der Waals surface area contributed by atoms with Crippen molar-refractivity contribution in [3.05, 3.63) is 71.4 Å². The summed E-state index contributed by atoms with van der Waals surface area (Å²) in [6.45, 7) is 6.77. The fourth-order valence-electron chi connectivity index (χ4n) is 4.74. The number of hydrogen-bond acceptors (Lipinski definition) is 6. The predicted octanol–water partition coefficient (Wildman–Crippen LogP) is 3.46. The van der Waals surface area contributed by atoms with Crippen LogP contribution in [0.3, 0.4) is 0 Å². The standard InChI is InChI=1S/C27H32N4O4/c1-3-12-31-15-20(14-26(32)30-34)25(16-31)29-27(33)19-8-10-22(11-9-19)35-17-21-13-18(2)28-24-7-5-4-6-23(21)24/h4-11,13,20,25,34H,3,12,14-17H2,1-2H3,(H,29,33)(H,30,32)/t20-,25+/m0/s1. The fraction of sp³-hybridized carbons (Fsp3) is 0.370. The van der Waals surface area contributed by atoms with Gasteiger partial charge < -0.3 is 15.0 Å². The van der Waals surface area contributed by atoms with Crippen molar-refractivity contribution in [2.75, 3.05) is 19.6 Å². The molecule has 8 nitrogen and oxygen atoms in total. The number of hydrogen-bond donors (Lipinski definition) is 3. The summed E-state index contributed by atoms with van der Waals surface area (Å²) in [6, 6.07) is 16.9. The number of benzene rings is 2. The van der Waals surface area contributed by atoms with Gasteiger partial charge in [0.15, 0.2) is 0 Å². The number of aryl methyl sites for hydroxylation is 1. The van der Waals surface area contributed by atoms with Gasteiger partial charge in [0.2, 0.25) is 5.91 Å². The van der Waals surface area contributed by atoms with Gasteiger partial charge in [-0.25, -0.2) is 5.48 Å². The Bertz CT molecular complexity index is 1180. The number of pyridine rings is 1. The van der Waals surface area contributed by atoms with E-state index in [2.05, 4.69) is 22.1 Å². The number of aromatic nitrogens is 1. The number of nitrogens with one attached hydrogen (secondary N) is 2. The number of hydroxylamine groups is 1. The van der Waals surface area contributed by atoms with Crippen molar-refractivity contribution in [3.8, 4) is 5.75 Å². The van der Waals surface area contributed by atoms with Crippen LogP contribution in [0.25, 0.3) is 10.9 Å². The molecule has 3 N–H and O–H groups in total. The van der Waals surface area contributed by atoms with E-state index < -0.39 is 5.91 Å². The number of para-hydroxylation sites is 1. The molecule has 1 aromatic heterocycles. The largest absolute Gasteiger partial charge is 0.489 e. The summed E-state index contributed by atoms with van der Waals surface area (Å²) >= 11 is 0. The van der Waals surface area contributed by atoms with Crippen molar-refractivity contribution in [1.82, 2.24) is 20.7 Å². The highest BCUT2D eigenvalue weighted by Gasteiger charge is 2.34. The first-order valence-corrected chi connectivity index (χ1v) is 12.0. The molecule has 184 valence electrons. The van der Waals surface area contributed by atoms with E-state index in [1.54, 1.807) is 29.7 Å². The lowest BCUT2D eigenvalue weighted by Gasteiger charge is -2.19. The molecule has 2 amide bonds. The van der Waals surface area contributed by atoms with Gasteiger partial charge in [-0.1, -0.05) is 25.1 Å². The van der Waals surface area contributed by atoms with E-state index in [4.69, 9.17) is 9.94 Å². The normalized spacial score (nSPS) is 17.9. The summed E-state index contributed by atoms with van der Waals surface area (Å²) in [5.74, 6) is -0.0113. The van der Waals surface area contributed by atoms with E-state index in [0.717, 1.165) is 35.1 Å². The lowest BCUT2D eigenvalue weighted by atomic mass is 9.99. The lowest BCUT2D eigenvalue weighted by molar-refractivity contribution is -0.130. The third-order valence-corrected chi connectivity index (χ3v) is 6.39. The number of carbonyl (C=O) groups is 2. The molecule has 0 bridgehead atoms. The smallest absolute Gasteiger partial charge is 0.251 e. The van der Waals surface area contributed by atoms with Crippen LogP contribution in [0.15, 0.2) is 54.6 Å². The van der Waals surface area contributed by atoms with E-state index >= 15 is 0 Å². The summed E-state index contributed by atoms with van der Waals surface area (Å²) in [7, 11) is 0. The molecule has 35 heavy (non-hydrogen) atoms. The molecule has 8 heteroatoms. The highest BCUT2D eigenvalue weighted by molar-refractivity contribution is 5.94. The van der Waals surface area contributed by atoms with Gasteiger partial charge in [0, 0.05) is 53.7 Å². The highest BCUT2D eigenvalue weighted by atomic mass is 16.5. The zero-order valence-corrected chi connectivity index (χ0v) is 20.2. The molecular weight excluding hydrogens is 444 g/mol. The molecule has 1 aliphatic heterocycles. The average molecular weight is 477 g/mol. The molecule has 1 fully saturated rings. The van der Waals surface area contributed by atoms with Crippen LogP contribution in [0, 0.1) is 12.8 Å². The maximum atomic E-state index is 12.9. The number of rotatable bonds is 9. The zero-order chi connectivity index (χ0) is 24.8. The molecule has 0 aliphatic carbocycles. The van der Waals surface area contributed by atoms with Gasteiger partial charge in [0.05, 0.1) is 5.52 Å². The molecule has 2 aromatic carbocycles. The SMILES string of the molecule is CCCN1C[C@H](CC(=O)NO)[C@H](NC(=O)c2ccc(OCc3cc(C)nc4ccccc34)cc2)C1. The molecule has 0 unspecified atom stereocenters. The van der Waals surface area contributed by atoms with Crippen LogP contribution in [-0.2, 0) is 11.4 Å². The minimum Gasteiger partial charge on any atom is -0.489 e. The number of nitrogens with zero attached hydrogens (tertiary/aromatic N) is 2. The van der Waals surface area contributed by atoms with Crippen LogP contribution in [0.2, 0.25) is 0 Å². The van der Waals surface area contributed by atoms with Crippen molar-refractivity contribution in [2.24, 2.45) is 5.92 Å². The molecular formula is C27H32N4O4. The minimum atomic E-state index is -0.439. The van der Waals surface area contributed by atoms with Crippen molar-refractivity contribution in [2.45, 2.75) is 39.3 Å². The second-order valence-electron chi connectivity index (χ2n) is 9.09. The lowest BCUT2D eigenvalue weighted by Crippen LogP contribution is -2.41. The van der Waals surface area contributed by atoms with E-state index in [-0.39, 0.29) is 24.3 Å². The van der Waals surface area contributed by atoms with Crippen molar-refractivity contribution in [3.63, 3.8) is 0 Å². The minimum absolute atomic E-state index is 0.0566. The average Bonchev–Trinajstić information content (AvgIpc) is 3.23. The summed E-state index contributed by atoms with van der Waals surface area (Å²) in [4.78, 5) is 31.4. The molecule has 0 radical (unpaired) electrons. The van der Waals surface area contributed by atoms with E-state index in [0.29, 0.717) is 31.0 Å². The monoisotopic (exact) mass is 476 g/mol. The topological polar surface area (TPSA) is 104 Å². The van der Waals surface area contributed by atoms with E-state index in [1.165, 1.54) is 0 Å². The summed E-state index contributed by atoms with van der Waals surface area (Å²) < 4.78 is 6.00. The second-order valence-corrected chi connectivity index (χ2v) is 9.09. The van der Waals surface area contributed by atoms with Gasteiger partial charge in [-0.2, -0.15) is 0 Å². The van der Waals surface area contributed by atoms with Crippen LogP contribution >= 0.6 is 0 Å². The van der Waals surface area contributed by atoms with Gasteiger partial charge in [-0.15, -0.1) is 0 Å². The maximum absolute atomic E-state index is 12.9. The number of likely N-dealkylation sites (tertiary alicyclic amines) is 1. The molecule has 1 saturated heterocycles. The third kappa shape index (κ3) is 6.15. The molecule has 2 atom stereocenters. The second kappa shape index (κ2) is 11.3. The molecule has 4 rings (SSSR count). The van der Waals surface area contributed by atoms with Gasteiger partial charge in [-0.3, -0.25) is 19.8 Å². The van der Waals surface area contributed by atoms with E-state index in [9.17, 15) is 9.59 Å². The Morgan fingerprint density at radius 3 is 2.66 bits per heavy atom. The summed E-state index contributed by atoms with van der Waals surface area (Å²) in [5.41, 5.74) is 5.17. The van der Waals surface area contributed by atoms with Crippen LogP contribution in [-0.4, -0.2) is 52.6 Å². The number of ether oxygens (including phenoxy) is 1. The Morgan fingerprint density at radius 2 is 1.91 bits per heavy atom. The number of amides is 2. The van der Waals surface area contributed by atoms with Crippen LogP contribution in [0.1, 0.15) is 41.4 Å². The molecule has 3 aromatic rings. The Labute approximate surface area is 205 Å². The van der Waals surface area contributed by atoms with Crippen molar-refractivity contribution < 1.29 is 19.5 Å². The Morgan fingerprint density at radius 1 is 1.14 bits per heavy atom. The quantitative estimate of drug-likeness (QED) is 0.323. The van der Waals surface area contributed by atoms with Gasteiger partial charge >= 0.3 is 0 Å². The number of carbonyl (C=O) groups excluding carboxylic acids is 2. The molecule has 1 aliphatic rings.